The summed E-state index contributed by atoms with van der Waals surface area (Å²) in [7, 11) is 1.40. The van der Waals surface area contributed by atoms with E-state index in [1.807, 2.05) is 78.9 Å². The molecule has 0 bridgehead atoms. The van der Waals surface area contributed by atoms with Crippen LogP contribution < -0.4 is 0 Å². The molecule has 6 heteroatoms. The van der Waals surface area contributed by atoms with E-state index in [0.717, 1.165) is 16.0 Å². The molecule has 1 aliphatic rings. The molecular formula is C29H32O5S. The highest BCUT2D eigenvalue weighted by atomic mass is 32.2. The van der Waals surface area contributed by atoms with Gasteiger partial charge in [-0.25, -0.2) is 0 Å². The first kappa shape index (κ1) is 25.5. The Morgan fingerprint density at radius 1 is 0.800 bits per heavy atom. The summed E-state index contributed by atoms with van der Waals surface area (Å²) in [4.78, 5) is 13.3. The van der Waals surface area contributed by atoms with Gasteiger partial charge in [-0.3, -0.25) is 4.79 Å². The normalized spacial score (nSPS) is 24.1. The molecule has 5 atom stereocenters. The number of esters is 1. The van der Waals surface area contributed by atoms with Crippen LogP contribution in [-0.2, 0) is 37.0 Å². The number of rotatable bonds is 10. The number of carbonyl (C=O) groups excluding carboxylic acids is 1. The van der Waals surface area contributed by atoms with Crippen LogP contribution in [0.15, 0.2) is 95.9 Å². The maximum Gasteiger partial charge on any atom is 0.308 e. The molecule has 0 amide bonds. The Kier molecular flexibility index (Phi) is 9.37. The number of benzene rings is 3. The molecule has 1 heterocycles. The lowest BCUT2D eigenvalue weighted by atomic mass is 9.89. The highest BCUT2D eigenvalue weighted by Crippen LogP contribution is 2.40. The highest BCUT2D eigenvalue weighted by molar-refractivity contribution is 7.99. The summed E-state index contributed by atoms with van der Waals surface area (Å²) >= 11 is 1.59. The Balaban J connectivity index is 1.60. The van der Waals surface area contributed by atoms with E-state index >= 15 is 0 Å². The van der Waals surface area contributed by atoms with E-state index in [9.17, 15) is 4.79 Å². The lowest BCUT2D eigenvalue weighted by molar-refractivity contribution is -0.211. The Bertz CT molecular complexity index is 1030. The molecule has 0 aromatic heterocycles. The monoisotopic (exact) mass is 492 g/mol. The molecule has 5 nitrogen and oxygen atoms in total. The maximum atomic E-state index is 12.2. The third-order valence-corrected chi connectivity index (χ3v) is 7.32. The van der Waals surface area contributed by atoms with Crippen molar-refractivity contribution in [1.82, 2.24) is 0 Å². The predicted octanol–water partition coefficient (Wildman–Crippen LogP) is 5.87. The SMILES string of the molecule is COC(=O)CC1O[C@@H](Sc2ccccc2)C(OCc2ccccc2)[C@@H](OCc2ccccc2)[C@H]1C. The minimum atomic E-state index is -0.354. The zero-order valence-electron chi connectivity index (χ0n) is 20.1. The number of hydrogen-bond donors (Lipinski definition) is 0. The van der Waals surface area contributed by atoms with Crippen LogP contribution in [0.2, 0.25) is 0 Å². The van der Waals surface area contributed by atoms with E-state index in [1.54, 1.807) is 11.8 Å². The average Bonchev–Trinajstić information content (AvgIpc) is 2.90. The van der Waals surface area contributed by atoms with Crippen molar-refractivity contribution < 1.29 is 23.7 Å². The van der Waals surface area contributed by atoms with Crippen LogP contribution in [0.1, 0.15) is 24.5 Å². The number of ether oxygens (including phenoxy) is 4. The van der Waals surface area contributed by atoms with Gasteiger partial charge >= 0.3 is 5.97 Å². The van der Waals surface area contributed by atoms with Crippen LogP contribution in [0.4, 0.5) is 0 Å². The molecule has 35 heavy (non-hydrogen) atoms. The van der Waals surface area contributed by atoms with Gasteiger partial charge in [0.15, 0.2) is 0 Å². The maximum absolute atomic E-state index is 12.2. The molecule has 4 rings (SSSR count). The Labute approximate surface area is 211 Å². The second-order valence-corrected chi connectivity index (χ2v) is 9.81. The van der Waals surface area contributed by atoms with Crippen molar-refractivity contribution in [2.24, 2.45) is 5.92 Å². The first-order valence-corrected chi connectivity index (χ1v) is 12.8. The molecule has 0 aliphatic carbocycles. The van der Waals surface area contributed by atoms with Crippen molar-refractivity contribution in [1.29, 1.82) is 0 Å². The number of hydrogen-bond acceptors (Lipinski definition) is 6. The van der Waals surface area contributed by atoms with E-state index in [-0.39, 0.29) is 42.1 Å². The zero-order valence-corrected chi connectivity index (χ0v) is 20.9. The summed E-state index contributed by atoms with van der Waals surface area (Å²) in [6.45, 7) is 2.96. The Morgan fingerprint density at radius 3 is 1.86 bits per heavy atom. The summed E-state index contributed by atoms with van der Waals surface area (Å²) in [5, 5.41) is 0. The molecule has 1 saturated heterocycles. The summed E-state index contributed by atoms with van der Waals surface area (Å²) in [6.07, 6.45) is -0.794. The van der Waals surface area contributed by atoms with Gasteiger partial charge in [-0.15, -0.1) is 0 Å². The third kappa shape index (κ3) is 7.18. The van der Waals surface area contributed by atoms with Crippen LogP contribution in [-0.4, -0.2) is 36.8 Å². The molecule has 2 unspecified atom stereocenters. The topological polar surface area (TPSA) is 54.0 Å². The van der Waals surface area contributed by atoms with Gasteiger partial charge in [0.05, 0.1) is 39.0 Å². The van der Waals surface area contributed by atoms with Crippen molar-refractivity contribution >= 4 is 17.7 Å². The minimum absolute atomic E-state index is 0.0776. The van der Waals surface area contributed by atoms with Gasteiger partial charge in [-0.1, -0.05) is 97.5 Å². The first-order chi connectivity index (χ1) is 17.1. The van der Waals surface area contributed by atoms with Gasteiger partial charge in [0.1, 0.15) is 11.5 Å². The Morgan fingerprint density at radius 2 is 1.31 bits per heavy atom. The van der Waals surface area contributed by atoms with E-state index in [2.05, 4.69) is 19.1 Å². The van der Waals surface area contributed by atoms with Crippen molar-refractivity contribution in [3.05, 3.63) is 102 Å². The summed E-state index contributed by atoms with van der Waals surface area (Å²) in [6, 6.07) is 30.3. The van der Waals surface area contributed by atoms with Crippen molar-refractivity contribution in [3.63, 3.8) is 0 Å². The van der Waals surface area contributed by atoms with Crippen molar-refractivity contribution in [2.75, 3.05) is 7.11 Å². The molecular weight excluding hydrogens is 460 g/mol. The zero-order chi connectivity index (χ0) is 24.5. The number of carbonyl (C=O) groups is 1. The summed E-state index contributed by atoms with van der Waals surface area (Å²) < 4.78 is 24.5. The van der Waals surface area contributed by atoms with Crippen molar-refractivity contribution in [2.45, 2.75) is 55.2 Å². The second kappa shape index (κ2) is 12.9. The number of methoxy groups -OCH3 is 1. The third-order valence-electron chi connectivity index (χ3n) is 6.17. The second-order valence-electron chi connectivity index (χ2n) is 8.64. The average molecular weight is 493 g/mol. The summed E-state index contributed by atoms with van der Waals surface area (Å²) in [5.41, 5.74) is 1.82. The molecule has 0 N–H and O–H groups in total. The van der Waals surface area contributed by atoms with E-state index < -0.39 is 0 Å². The minimum Gasteiger partial charge on any atom is -0.469 e. The van der Waals surface area contributed by atoms with E-state index in [1.165, 1.54) is 7.11 Å². The molecule has 1 fully saturated rings. The first-order valence-electron chi connectivity index (χ1n) is 11.9. The van der Waals surface area contributed by atoms with Crippen LogP contribution in [0.25, 0.3) is 0 Å². The molecule has 0 spiro atoms. The Hall–Kier alpha value is -2.64. The van der Waals surface area contributed by atoms with Crippen molar-refractivity contribution in [3.8, 4) is 0 Å². The van der Waals surface area contributed by atoms with Gasteiger partial charge in [0.25, 0.3) is 0 Å². The lowest BCUT2D eigenvalue weighted by Gasteiger charge is -2.45. The van der Waals surface area contributed by atoms with Crippen LogP contribution in [0, 0.1) is 5.92 Å². The fourth-order valence-electron chi connectivity index (χ4n) is 4.20. The van der Waals surface area contributed by atoms with Crippen LogP contribution in [0.5, 0.6) is 0 Å². The molecule has 0 radical (unpaired) electrons. The predicted molar refractivity (Wildman–Crippen MR) is 137 cm³/mol. The largest absolute Gasteiger partial charge is 0.469 e. The van der Waals surface area contributed by atoms with Crippen LogP contribution in [0.3, 0.4) is 0 Å². The van der Waals surface area contributed by atoms with Gasteiger partial charge < -0.3 is 18.9 Å². The summed E-state index contributed by atoms with van der Waals surface area (Å²) in [5.74, 6) is -0.373. The van der Waals surface area contributed by atoms with E-state index in [0.29, 0.717) is 13.2 Å². The van der Waals surface area contributed by atoms with Gasteiger partial charge in [-0.05, 0) is 23.3 Å². The van der Waals surface area contributed by atoms with Gasteiger partial charge in [0.2, 0.25) is 0 Å². The standard InChI is InChI=1S/C29H32O5S/c1-21-25(18-26(30)31-2)34-29(35-24-16-10-5-11-17-24)28(33-20-23-14-8-4-9-15-23)27(21)32-19-22-12-6-3-7-13-22/h3-17,21,25,27-29H,18-20H2,1-2H3/t21-,25?,27-,28?,29-/m0/s1. The number of thioether (sulfide) groups is 1. The smallest absolute Gasteiger partial charge is 0.308 e. The fourth-order valence-corrected chi connectivity index (χ4v) is 5.35. The fraction of sp³-hybridized carbons (Fsp3) is 0.345. The van der Waals surface area contributed by atoms with Crippen LogP contribution >= 0.6 is 11.8 Å². The molecule has 1 aliphatic heterocycles. The quantitative estimate of drug-likeness (QED) is 0.330. The molecule has 3 aromatic rings. The van der Waals surface area contributed by atoms with Gasteiger partial charge in [0, 0.05) is 10.8 Å². The van der Waals surface area contributed by atoms with Gasteiger partial charge in [-0.2, -0.15) is 0 Å². The highest BCUT2D eigenvalue weighted by Gasteiger charge is 2.46. The van der Waals surface area contributed by atoms with E-state index in [4.69, 9.17) is 18.9 Å². The lowest BCUT2D eigenvalue weighted by Crippen LogP contribution is -2.54. The molecule has 3 aromatic carbocycles. The molecule has 184 valence electrons. The molecule has 0 saturated carbocycles.